The summed E-state index contributed by atoms with van der Waals surface area (Å²) in [5.41, 5.74) is 0.862. The molecule has 3 fully saturated rings. The predicted octanol–water partition coefficient (Wildman–Crippen LogP) is 3.09. The zero-order chi connectivity index (χ0) is 35.9. The molecular weight excluding hydrogens is 698 g/mol. The highest BCUT2D eigenvalue weighted by Crippen LogP contribution is 2.53. The number of amides is 3. The number of hydrogen-bond donors (Lipinski definition) is 3. The molecule has 3 N–H and O–H groups in total. The Morgan fingerprint density at radius 3 is 2.61 bits per heavy atom. The molecule has 0 aliphatic carbocycles. The normalized spacial score (nSPS) is 22.1. The smallest absolute Gasteiger partial charge is 0.339 e. The molecule has 4 atom stereocenters. The van der Waals surface area contributed by atoms with Crippen molar-refractivity contribution >= 4 is 46.7 Å². The highest BCUT2D eigenvalue weighted by molar-refractivity contribution is 7.51. The molecule has 6 heterocycles. The zero-order valence-corrected chi connectivity index (χ0v) is 28.9. The van der Waals surface area contributed by atoms with E-state index in [0.717, 1.165) is 17.0 Å². The van der Waals surface area contributed by atoms with Gasteiger partial charge in [-0.2, -0.15) is 5.26 Å². The predicted molar refractivity (Wildman–Crippen MR) is 183 cm³/mol. The number of fused-ring (bicyclic) bond motifs is 2. The van der Waals surface area contributed by atoms with E-state index in [1.54, 1.807) is 40.4 Å². The Bertz CT molecular complexity index is 2070. The molecule has 1 aromatic carbocycles. The second-order valence-corrected chi connectivity index (χ2v) is 15.8. The van der Waals surface area contributed by atoms with Gasteiger partial charge in [-0.3, -0.25) is 23.8 Å². The van der Waals surface area contributed by atoms with Crippen LogP contribution >= 0.6 is 18.9 Å². The summed E-state index contributed by atoms with van der Waals surface area (Å²) in [5.74, 6) is -3.00. The van der Waals surface area contributed by atoms with Crippen molar-refractivity contribution in [2.24, 2.45) is 0 Å². The summed E-state index contributed by atoms with van der Waals surface area (Å²) in [5, 5.41) is 12.6. The number of carbonyl (C=O) groups is 3. The number of nitrogens with one attached hydrogen (secondary N) is 1. The molecule has 3 aliphatic heterocycles. The highest BCUT2D eigenvalue weighted by Gasteiger charge is 2.48. The maximum atomic E-state index is 14.5. The standard InChI is InChI=1S/C34H34FN8O6PS/c35-31(50(47,48)49)20-5-8-28-21(13-20)14-29(51-28)32(44)40-26-18-41(19-30-37-10-2-11-38-30)12-9-24-6-7-27(43(24)33(26)45)34(46)42-16-22(17-42)25-4-1-3-23(15-36)39-25/h1-5,8,10-11,13-14,22,24,26-27,31H,6-7,9,12,16-19H2,(H,40,44)(H2,47,48,49)/t24-,26+,27+,31?/m1/s1. The van der Waals surface area contributed by atoms with Crippen LogP contribution in [0.2, 0.25) is 0 Å². The summed E-state index contributed by atoms with van der Waals surface area (Å²) in [4.78, 5) is 79.4. The van der Waals surface area contributed by atoms with Gasteiger partial charge in [0.05, 0.1) is 11.4 Å². The Labute approximate surface area is 296 Å². The van der Waals surface area contributed by atoms with E-state index in [9.17, 15) is 38.4 Å². The van der Waals surface area contributed by atoms with Crippen LogP contribution in [0.4, 0.5) is 4.39 Å². The number of thiophene rings is 1. The molecule has 3 aliphatic rings. The third-order valence-electron chi connectivity index (χ3n) is 9.68. The molecule has 3 aromatic heterocycles. The lowest BCUT2D eigenvalue weighted by molar-refractivity contribution is -0.150. The summed E-state index contributed by atoms with van der Waals surface area (Å²) in [7, 11) is -5.02. The van der Waals surface area contributed by atoms with Crippen molar-refractivity contribution in [3.8, 4) is 6.07 Å². The maximum absolute atomic E-state index is 14.5. The van der Waals surface area contributed by atoms with Crippen LogP contribution in [0, 0.1) is 11.3 Å². The SMILES string of the molecule is N#Cc1cccc(C2CN(C(=O)[C@@H]3CC[C@@H]4CCN(Cc5ncccn5)C[C@H](NC(=O)c5cc6cc(C(F)P(=O)(O)O)ccc6s5)C(=O)N43)C2)n1. The van der Waals surface area contributed by atoms with Crippen LogP contribution < -0.4 is 5.32 Å². The first-order chi connectivity index (χ1) is 24.5. The molecule has 3 saturated heterocycles. The first-order valence-electron chi connectivity index (χ1n) is 16.5. The minimum absolute atomic E-state index is 0.00625. The van der Waals surface area contributed by atoms with Gasteiger partial charge in [-0.15, -0.1) is 11.3 Å². The Balaban J connectivity index is 1.11. The molecule has 17 heteroatoms. The van der Waals surface area contributed by atoms with Crippen LogP contribution in [0.25, 0.3) is 10.1 Å². The first-order valence-corrected chi connectivity index (χ1v) is 19.0. The van der Waals surface area contributed by atoms with Crippen LogP contribution in [-0.4, -0.2) is 101 Å². The number of aromatic nitrogens is 3. The van der Waals surface area contributed by atoms with Gasteiger partial charge < -0.3 is 24.9 Å². The number of alkyl halides is 1. The summed E-state index contributed by atoms with van der Waals surface area (Å²) >= 11 is 1.11. The highest BCUT2D eigenvalue weighted by atomic mass is 32.1. The van der Waals surface area contributed by atoms with Gasteiger partial charge >= 0.3 is 7.60 Å². The van der Waals surface area contributed by atoms with E-state index in [0.29, 0.717) is 67.0 Å². The fraction of sp³-hybridized carbons (Fsp3) is 0.382. The molecular formula is C34H34FN8O6PS. The summed E-state index contributed by atoms with van der Waals surface area (Å²) in [6, 6.07) is 12.7. The Kier molecular flexibility index (Phi) is 9.66. The lowest BCUT2D eigenvalue weighted by atomic mass is 9.94. The molecule has 4 aromatic rings. The number of hydrogen-bond acceptors (Lipinski definition) is 10. The van der Waals surface area contributed by atoms with Gasteiger partial charge in [-0.05, 0) is 66.6 Å². The van der Waals surface area contributed by atoms with Crippen molar-refractivity contribution in [2.75, 3.05) is 26.2 Å². The van der Waals surface area contributed by atoms with Gasteiger partial charge in [0.1, 0.15) is 29.7 Å². The van der Waals surface area contributed by atoms with E-state index in [2.05, 4.69) is 20.3 Å². The minimum Gasteiger partial charge on any atom is -0.339 e. The number of likely N-dealkylation sites (tertiary alicyclic amines) is 1. The zero-order valence-electron chi connectivity index (χ0n) is 27.2. The fourth-order valence-corrected chi connectivity index (χ4v) is 8.58. The van der Waals surface area contributed by atoms with Crippen LogP contribution in [-0.2, 0) is 20.7 Å². The van der Waals surface area contributed by atoms with Crippen molar-refractivity contribution in [3.05, 3.63) is 88.6 Å². The second kappa shape index (κ2) is 14.2. The minimum atomic E-state index is -5.02. The topological polar surface area (TPSA) is 193 Å². The maximum Gasteiger partial charge on any atom is 0.363 e. The average molecular weight is 733 g/mol. The van der Waals surface area contributed by atoms with Crippen molar-refractivity contribution in [2.45, 2.75) is 55.8 Å². The van der Waals surface area contributed by atoms with E-state index in [-0.39, 0.29) is 40.8 Å². The molecule has 0 radical (unpaired) electrons. The number of pyridine rings is 1. The van der Waals surface area contributed by atoms with E-state index >= 15 is 0 Å². The van der Waals surface area contributed by atoms with E-state index in [1.807, 2.05) is 17.0 Å². The lowest BCUT2D eigenvalue weighted by Gasteiger charge is -2.43. The lowest BCUT2D eigenvalue weighted by Crippen LogP contribution is -2.62. The third kappa shape index (κ3) is 7.26. The van der Waals surface area contributed by atoms with Crippen LogP contribution in [0.15, 0.2) is 60.9 Å². The Morgan fingerprint density at radius 2 is 1.86 bits per heavy atom. The Morgan fingerprint density at radius 1 is 1.08 bits per heavy atom. The van der Waals surface area contributed by atoms with E-state index in [1.165, 1.54) is 24.3 Å². The van der Waals surface area contributed by atoms with Gasteiger partial charge in [0, 0.05) is 60.9 Å². The van der Waals surface area contributed by atoms with Gasteiger partial charge in [-0.1, -0.05) is 12.1 Å². The fourth-order valence-electron chi connectivity index (χ4n) is 7.09. The first kappa shape index (κ1) is 34.8. The molecule has 7 rings (SSSR count). The number of halogens is 1. The van der Waals surface area contributed by atoms with Crippen molar-refractivity contribution in [3.63, 3.8) is 0 Å². The monoisotopic (exact) mass is 732 g/mol. The second-order valence-electron chi connectivity index (χ2n) is 13.0. The molecule has 0 saturated carbocycles. The molecule has 3 amide bonds. The van der Waals surface area contributed by atoms with Gasteiger partial charge in [-0.25, -0.2) is 19.3 Å². The van der Waals surface area contributed by atoms with Gasteiger partial charge in [0.15, 0.2) is 0 Å². The summed E-state index contributed by atoms with van der Waals surface area (Å²) in [6.07, 6.45) is 5.02. The van der Waals surface area contributed by atoms with E-state index in [4.69, 9.17) is 0 Å². The average Bonchev–Trinajstić information content (AvgIpc) is 3.73. The van der Waals surface area contributed by atoms with Crippen molar-refractivity contribution in [1.82, 2.24) is 35.0 Å². The number of carbonyl (C=O) groups excluding carboxylic acids is 3. The van der Waals surface area contributed by atoms with Crippen LogP contribution in [0.3, 0.4) is 0 Å². The van der Waals surface area contributed by atoms with Crippen molar-refractivity contribution in [1.29, 1.82) is 5.26 Å². The van der Waals surface area contributed by atoms with E-state index < -0.39 is 31.5 Å². The third-order valence-corrected chi connectivity index (χ3v) is 11.7. The number of nitriles is 1. The number of rotatable bonds is 8. The van der Waals surface area contributed by atoms with Crippen LogP contribution in [0.1, 0.15) is 63.5 Å². The largest absolute Gasteiger partial charge is 0.363 e. The molecule has 0 bridgehead atoms. The van der Waals surface area contributed by atoms with Gasteiger partial charge in [0.2, 0.25) is 17.7 Å². The van der Waals surface area contributed by atoms with Crippen LogP contribution in [0.5, 0.6) is 0 Å². The molecule has 264 valence electrons. The quantitative estimate of drug-likeness (QED) is 0.226. The molecule has 14 nitrogen and oxygen atoms in total. The molecule has 51 heavy (non-hydrogen) atoms. The number of nitrogens with zero attached hydrogens (tertiary/aromatic N) is 7. The molecule has 1 unspecified atom stereocenters. The molecule has 0 spiro atoms. The number of benzene rings is 1. The Hall–Kier alpha value is -4.65. The summed E-state index contributed by atoms with van der Waals surface area (Å²) in [6.45, 7) is 1.92. The summed E-state index contributed by atoms with van der Waals surface area (Å²) < 4.78 is 26.5. The van der Waals surface area contributed by atoms with Gasteiger partial charge in [0.25, 0.3) is 5.91 Å². The van der Waals surface area contributed by atoms with Crippen molar-refractivity contribution < 1.29 is 33.1 Å².